The van der Waals surface area contributed by atoms with Crippen LogP contribution in [-0.2, 0) is 14.3 Å². The molecule has 0 N–H and O–H groups in total. The van der Waals surface area contributed by atoms with E-state index in [0.29, 0.717) is 5.56 Å². The van der Waals surface area contributed by atoms with Crippen LogP contribution < -0.4 is 0 Å². The van der Waals surface area contributed by atoms with Crippen molar-refractivity contribution in [2.75, 3.05) is 0 Å². The zero-order chi connectivity index (χ0) is 13.0. The van der Waals surface area contributed by atoms with E-state index in [1.807, 2.05) is 18.2 Å². The van der Waals surface area contributed by atoms with E-state index in [9.17, 15) is 9.59 Å². The molecule has 1 unspecified atom stereocenters. The summed E-state index contributed by atoms with van der Waals surface area (Å²) in [5.74, 6) is -0.653. The summed E-state index contributed by atoms with van der Waals surface area (Å²) in [6.07, 6.45) is -0.736. The first-order valence-corrected chi connectivity index (χ1v) is 5.84. The van der Waals surface area contributed by atoms with Crippen molar-refractivity contribution >= 4 is 27.7 Å². The minimum atomic E-state index is -0.736. The van der Waals surface area contributed by atoms with Gasteiger partial charge in [0.25, 0.3) is 0 Å². The molecule has 3 nitrogen and oxygen atoms in total. The molecule has 0 saturated heterocycles. The second-order valence-corrected chi connectivity index (χ2v) is 4.45. The van der Waals surface area contributed by atoms with Gasteiger partial charge in [0, 0.05) is 22.5 Å². The van der Waals surface area contributed by atoms with Gasteiger partial charge in [-0.3, -0.25) is 9.59 Å². The fraction of sp³-hybridized carbons (Fsp3) is 0.231. The highest BCUT2D eigenvalue weighted by molar-refractivity contribution is 9.10. The zero-order valence-electron chi connectivity index (χ0n) is 9.70. The standard InChI is InChI=1S/C13H13BrO3/c1-8(9(2)15)13(17-10(3)16)11-6-4-5-7-12(11)14/h4-7,13H,1H2,2-3H3. The van der Waals surface area contributed by atoms with Gasteiger partial charge >= 0.3 is 5.97 Å². The van der Waals surface area contributed by atoms with E-state index in [-0.39, 0.29) is 11.4 Å². The van der Waals surface area contributed by atoms with Crippen molar-refractivity contribution in [3.8, 4) is 0 Å². The Bertz CT molecular complexity index is 465. The topological polar surface area (TPSA) is 43.4 Å². The number of benzene rings is 1. The lowest BCUT2D eigenvalue weighted by molar-refractivity contribution is -0.145. The number of rotatable bonds is 4. The molecule has 1 rings (SSSR count). The van der Waals surface area contributed by atoms with Crippen LogP contribution in [0.4, 0.5) is 0 Å². The van der Waals surface area contributed by atoms with Gasteiger partial charge in [-0.15, -0.1) is 0 Å². The van der Waals surface area contributed by atoms with Crippen LogP contribution in [0.25, 0.3) is 0 Å². The first-order valence-electron chi connectivity index (χ1n) is 5.05. The lowest BCUT2D eigenvalue weighted by Crippen LogP contribution is -2.15. The average Bonchev–Trinajstić information content (AvgIpc) is 2.25. The summed E-state index contributed by atoms with van der Waals surface area (Å²) in [7, 11) is 0. The van der Waals surface area contributed by atoms with Crippen LogP contribution in [0.1, 0.15) is 25.5 Å². The lowest BCUT2D eigenvalue weighted by Gasteiger charge is -2.19. The molecule has 0 radical (unpaired) electrons. The summed E-state index contributed by atoms with van der Waals surface area (Å²) in [4.78, 5) is 22.4. The second-order valence-electron chi connectivity index (χ2n) is 3.59. The van der Waals surface area contributed by atoms with Crippen LogP contribution in [0.5, 0.6) is 0 Å². The number of hydrogen-bond donors (Lipinski definition) is 0. The minimum absolute atomic E-state index is 0.202. The zero-order valence-corrected chi connectivity index (χ0v) is 11.3. The molecule has 0 aliphatic rings. The Kier molecular flexibility index (Phi) is 4.63. The van der Waals surface area contributed by atoms with Crippen LogP contribution in [0.3, 0.4) is 0 Å². The van der Waals surface area contributed by atoms with E-state index in [2.05, 4.69) is 22.5 Å². The van der Waals surface area contributed by atoms with E-state index in [1.165, 1.54) is 13.8 Å². The fourth-order valence-corrected chi connectivity index (χ4v) is 1.85. The Morgan fingerprint density at radius 3 is 2.35 bits per heavy atom. The third-order valence-electron chi connectivity index (χ3n) is 2.24. The predicted octanol–water partition coefficient (Wildman–Crippen LogP) is 3.20. The lowest BCUT2D eigenvalue weighted by atomic mass is 10.00. The molecule has 90 valence electrons. The van der Waals surface area contributed by atoms with Gasteiger partial charge in [-0.1, -0.05) is 40.7 Å². The summed E-state index contributed by atoms with van der Waals surface area (Å²) in [6, 6.07) is 7.25. The molecular weight excluding hydrogens is 284 g/mol. The van der Waals surface area contributed by atoms with Gasteiger partial charge in [0.15, 0.2) is 11.9 Å². The number of carbonyl (C=O) groups is 2. The summed E-state index contributed by atoms with van der Waals surface area (Å²) < 4.78 is 5.92. The molecule has 17 heavy (non-hydrogen) atoms. The minimum Gasteiger partial charge on any atom is -0.453 e. The number of carbonyl (C=O) groups excluding carboxylic acids is 2. The molecule has 4 heteroatoms. The van der Waals surface area contributed by atoms with Crippen molar-refractivity contribution < 1.29 is 14.3 Å². The molecule has 0 bridgehead atoms. The Labute approximate surface area is 109 Å². The van der Waals surface area contributed by atoms with Crippen LogP contribution in [0.2, 0.25) is 0 Å². The quantitative estimate of drug-likeness (QED) is 0.633. The number of hydrogen-bond acceptors (Lipinski definition) is 3. The fourth-order valence-electron chi connectivity index (χ4n) is 1.36. The van der Waals surface area contributed by atoms with Crippen molar-refractivity contribution in [2.24, 2.45) is 0 Å². The molecule has 0 aliphatic carbocycles. The Hall–Kier alpha value is -1.42. The number of ether oxygens (including phenoxy) is 1. The molecule has 0 spiro atoms. The maximum absolute atomic E-state index is 11.3. The smallest absolute Gasteiger partial charge is 0.303 e. The summed E-state index contributed by atoms with van der Waals surface area (Å²) in [5, 5.41) is 0. The Morgan fingerprint density at radius 2 is 1.88 bits per heavy atom. The van der Waals surface area contributed by atoms with E-state index in [1.54, 1.807) is 6.07 Å². The third-order valence-corrected chi connectivity index (χ3v) is 2.96. The highest BCUT2D eigenvalue weighted by Gasteiger charge is 2.23. The normalized spacial score (nSPS) is 11.7. The van der Waals surface area contributed by atoms with E-state index < -0.39 is 12.1 Å². The van der Waals surface area contributed by atoms with Gasteiger partial charge in [-0.25, -0.2) is 0 Å². The van der Waals surface area contributed by atoms with Crippen molar-refractivity contribution in [1.29, 1.82) is 0 Å². The van der Waals surface area contributed by atoms with E-state index in [4.69, 9.17) is 4.74 Å². The van der Waals surface area contributed by atoms with Gasteiger partial charge in [-0.2, -0.15) is 0 Å². The van der Waals surface area contributed by atoms with Gasteiger partial charge in [0.05, 0.1) is 0 Å². The van der Waals surface area contributed by atoms with Crippen molar-refractivity contribution in [3.05, 3.63) is 46.5 Å². The van der Waals surface area contributed by atoms with Crippen LogP contribution in [0.15, 0.2) is 40.9 Å². The van der Waals surface area contributed by atoms with Crippen molar-refractivity contribution in [3.63, 3.8) is 0 Å². The largest absolute Gasteiger partial charge is 0.453 e. The van der Waals surface area contributed by atoms with E-state index in [0.717, 1.165) is 4.47 Å². The molecule has 1 atom stereocenters. The first kappa shape index (κ1) is 13.6. The van der Waals surface area contributed by atoms with Gasteiger partial charge in [0.1, 0.15) is 0 Å². The first-order chi connectivity index (χ1) is 7.93. The summed E-state index contributed by atoms with van der Waals surface area (Å²) in [5.41, 5.74) is 0.968. The molecule has 0 saturated carbocycles. The number of halogens is 1. The number of Topliss-reactive ketones (excluding diaryl/α,β-unsaturated/α-hetero) is 1. The van der Waals surface area contributed by atoms with Crippen molar-refractivity contribution in [1.82, 2.24) is 0 Å². The maximum Gasteiger partial charge on any atom is 0.303 e. The Balaban J connectivity index is 3.15. The van der Waals surface area contributed by atoms with Crippen LogP contribution in [-0.4, -0.2) is 11.8 Å². The molecule has 1 aromatic carbocycles. The van der Waals surface area contributed by atoms with Gasteiger partial charge in [-0.05, 0) is 13.0 Å². The second kappa shape index (κ2) is 5.77. The summed E-state index contributed by atoms with van der Waals surface area (Å²) in [6.45, 7) is 6.38. The highest BCUT2D eigenvalue weighted by Crippen LogP contribution is 2.31. The molecular formula is C13H13BrO3. The van der Waals surface area contributed by atoms with Gasteiger partial charge in [0.2, 0.25) is 0 Å². The SMILES string of the molecule is C=C(C(C)=O)C(OC(C)=O)c1ccccc1Br. The predicted molar refractivity (Wildman–Crippen MR) is 68.5 cm³/mol. The molecule has 0 amide bonds. The Morgan fingerprint density at radius 1 is 1.29 bits per heavy atom. The van der Waals surface area contributed by atoms with Crippen LogP contribution in [0, 0.1) is 0 Å². The average molecular weight is 297 g/mol. The monoisotopic (exact) mass is 296 g/mol. The maximum atomic E-state index is 11.3. The van der Waals surface area contributed by atoms with Gasteiger partial charge < -0.3 is 4.74 Å². The van der Waals surface area contributed by atoms with E-state index >= 15 is 0 Å². The molecule has 1 aromatic rings. The molecule has 0 aliphatic heterocycles. The van der Waals surface area contributed by atoms with Crippen molar-refractivity contribution in [2.45, 2.75) is 20.0 Å². The molecule has 0 fully saturated rings. The number of ketones is 1. The highest BCUT2D eigenvalue weighted by atomic mass is 79.9. The molecule has 0 heterocycles. The number of esters is 1. The van der Waals surface area contributed by atoms with Crippen LogP contribution >= 0.6 is 15.9 Å². The summed E-state index contributed by atoms with van der Waals surface area (Å²) >= 11 is 3.36. The third kappa shape index (κ3) is 3.53. The molecule has 0 aromatic heterocycles.